The molecule has 2 nitrogen and oxygen atoms in total. The molecule has 0 saturated carbocycles. The van der Waals surface area contributed by atoms with E-state index in [1.54, 1.807) is 0 Å². The number of benzene rings is 7. The molecule has 7 aromatic rings. The fourth-order valence-corrected chi connectivity index (χ4v) is 14.4. The van der Waals surface area contributed by atoms with Crippen molar-refractivity contribution in [2.24, 2.45) is 0 Å². The standard InChI is InChI=1S/C44H42O2Si2/c1-4-34-31-32-41-42(33-34)44(46-48(6-3,37-25-15-9-16-26-37)38-27-17-10-18-28-38)40-30-20-19-29-39(40)43(41)45-47(5-2,35-21-11-7-12-22-35)36-23-13-8-14-24-36/h7-33H,4-6H2,1-3H3. The van der Waals surface area contributed by atoms with E-state index in [4.69, 9.17) is 8.85 Å². The summed E-state index contributed by atoms with van der Waals surface area (Å²) in [5.74, 6) is 1.90. The molecule has 0 saturated heterocycles. The van der Waals surface area contributed by atoms with E-state index in [1.165, 1.54) is 26.3 Å². The van der Waals surface area contributed by atoms with Gasteiger partial charge in [0.15, 0.2) is 0 Å². The molecule has 0 fully saturated rings. The summed E-state index contributed by atoms with van der Waals surface area (Å²) in [7, 11) is -5.46. The van der Waals surface area contributed by atoms with E-state index in [0.29, 0.717) is 0 Å². The van der Waals surface area contributed by atoms with Crippen LogP contribution in [-0.4, -0.2) is 16.6 Å². The second-order valence-electron chi connectivity index (χ2n) is 12.5. The molecule has 4 heteroatoms. The highest BCUT2D eigenvalue weighted by molar-refractivity contribution is 6.98. The molecule has 0 aromatic heterocycles. The van der Waals surface area contributed by atoms with Gasteiger partial charge in [0.25, 0.3) is 0 Å². The summed E-state index contributed by atoms with van der Waals surface area (Å²) in [4.78, 5) is 0. The highest BCUT2D eigenvalue weighted by atomic mass is 28.4. The minimum atomic E-state index is -2.73. The lowest BCUT2D eigenvalue weighted by Crippen LogP contribution is -2.63. The van der Waals surface area contributed by atoms with Crippen LogP contribution in [0.15, 0.2) is 164 Å². The van der Waals surface area contributed by atoms with Crippen LogP contribution in [0.2, 0.25) is 12.1 Å². The molecule has 0 amide bonds. The molecule has 0 aliphatic rings. The summed E-state index contributed by atoms with van der Waals surface area (Å²) in [5.41, 5.74) is 1.28. The number of hydrogen-bond acceptors (Lipinski definition) is 2. The monoisotopic (exact) mass is 658 g/mol. The topological polar surface area (TPSA) is 18.5 Å². The van der Waals surface area contributed by atoms with Crippen LogP contribution < -0.4 is 29.6 Å². The Morgan fingerprint density at radius 3 is 1.06 bits per heavy atom. The van der Waals surface area contributed by atoms with Gasteiger partial charge in [-0.1, -0.05) is 178 Å². The lowest BCUT2D eigenvalue weighted by Gasteiger charge is -2.35. The van der Waals surface area contributed by atoms with Gasteiger partial charge >= 0.3 is 16.6 Å². The van der Waals surface area contributed by atoms with Gasteiger partial charge in [-0.15, -0.1) is 0 Å². The molecule has 0 heterocycles. The lowest BCUT2D eigenvalue weighted by atomic mass is 9.98. The quantitative estimate of drug-likeness (QED) is 0.102. The highest BCUT2D eigenvalue weighted by Gasteiger charge is 2.43. The fraction of sp³-hybridized carbons (Fsp3) is 0.136. The zero-order chi connectivity index (χ0) is 33.0. The van der Waals surface area contributed by atoms with Gasteiger partial charge in [-0.2, -0.15) is 0 Å². The first-order valence-electron chi connectivity index (χ1n) is 17.2. The third-order valence-corrected chi connectivity index (χ3v) is 18.1. The molecule has 0 radical (unpaired) electrons. The minimum absolute atomic E-state index is 0.899. The van der Waals surface area contributed by atoms with E-state index in [1.807, 2.05) is 0 Å². The van der Waals surface area contributed by atoms with Crippen LogP contribution >= 0.6 is 0 Å². The molecule has 7 rings (SSSR count). The van der Waals surface area contributed by atoms with Gasteiger partial charge in [0.2, 0.25) is 0 Å². The Hall–Kier alpha value is -4.91. The van der Waals surface area contributed by atoms with E-state index in [0.717, 1.165) is 51.6 Å². The van der Waals surface area contributed by atoms with E-state index in [9.17, 15) is 0 Å². The van der Waals surface area contributed by atoms with Crippen molar-refractivity contribution in [3.63, 3.8) is 0 Å². The van der Waals surface area contributed by atoms with E-state index < -0.39 is 16.6 Å². The molecule has 0 bridgehead atoms. The van der Waals surface area contributed by atoms with Gasteiger partial charge in [-0.05, 0) is 50.9 Å². The van der Waals surface area contributed by atoms with Crippen molar-refractivity contribution in [2.75, 3.05) is 0 Å². The molecular weight excluding hydrogens is 617 g/mol. The SMILES string of the molecule is CCc1ccc2c(O[Si](CC)(c3ccccc3)c3ccccc3)c3ccccc3c(O[Si](CC)(c3ccccc3)c3ccccc3)c2c1. The number of rotatable bonds is 11. The molecule has 0 aliphatic carbocycles. The van der Waals surface area contributed by atoms with E-state index >= 15 is 0 Å². The van der Waals surface area contributed by atoms with Crippen molar-refractivity contribution >= 4 is 58.9 Å². The predicted octanol–water partition coefficient (Wildman–Crippen LogP) is 8.87. The summed E-state index contributed by atoms with van der Waals surface area (Å²) < 4.78 is 15.4. The normalized spacial score (nSPS) is 11.9. The molecule has 0 unspecified atom stereocenters. The zero-order valence-corrected chi connectivity index (χ0v) is 30.0. The minimum Gasteiger partial charge on any atom is -0.534 e. The Bertz CT molecular complexity index is 2050. The maximum atomic E-state index is 7.72. The Morgan fingerprint density at radius 2 is 0.708 bits per heavy atom. The molecule has 7 aromatic carbocycles. The van der Waals surface area contributed by atoms with Crippen LogP contribution in [0.4, 0.5) is 0 Å². The third kappa shape index (κ3) is 5.55. The number of aryl methyl sites for hydroxylation is 1. The molecule has 48 heavy (non-hydrogen) atoms. The Morgan fingerprint density at radius 1 is 0.375 bits per heavy atom. The first kappa shape index (κ1) is 31.7. The first-order valence-corrected chi connectivity index (χ1v) is 21.4. The summed E-state index contributed by atoms with van der Waals surface area (Å²) >= 11 is 0. The second kappa shape index (κ2) is 13.7. The average molecular weight is 659 g/mol. The van der Waals surface area contributed by atoms with Gasteiger partial charge < -0.3 is 8.85 Å². The van der Waals surface area contributed by atoms with Crippen molar-refractivity contribution in [2.45, 2.75) is 39.3 Å². The Kier molecular flexibility index (Phi) is 9.03. The third-order valence-electron chi connectivity index (χ3n) is 9.91. The summed E-state index contributed by atoms with van der Waals surface area (Å²) in [6.07, 6.45) is 0.938. The van der Waals surface area contributed by atoms with Crippen molar-refractivity contribution in [1.82, 2.24) is 0 Å². The van der Waals surface area contributed by atoms with Gasteiger partial charge in [0.1, 0.15) is 11.5 Å². The van der Waals surface area contributed by atoms with Crippen molar-refractivity contribution in [1.29, 1.82) is 0 Å². The van der Waals surface area contributed by atoms with Crippen LogP contribution in [0, 0.1) is 0 Å². The van der Waals surface area contributed by atoms with Crippen LogP contribution in [0.25, 0.3) is 21.5 Å². The Labute approximate surface area is 286 Å². The van der Waals surface area contributed by atoms with Crippen LogP contribution in [0.1, 0.15) is 26.3 Å². The summed E-state index contributed by atoms with van der Waals surface area (Å²) in [6.45, 7) is 6.79. The van der Waals surface area contributed by atoms with Crippen molar-refractivity contribution < 1.29 is 8.85 Å². The summed E-state index contributed by atoms with van der Waals surface area (Å²) in [5, 5.41) is 9.46. The maximum absolute atomic E-state index is 7.72. The van der Waals surface area contributed by atoms with Crippen molar-refractivity contribution in [3.8, 4) is 11.5 Å². The van der Waals surface area contributed by atoms with Crippen LogP contribution in [0.5, 0.6) is 11.5 Å². The molecule has 0 N–H and O–H groups in total. The largest absolute Gasteiger partial charge is 0.534 e. The number of hydrogen-bond donors (Lipinski definition) is 0. The summed E-state index contributed by atoms with van der Waals surface area (Å²) in [6, 6.07) is 60.9. The smallest absolute Gasteiger partial charge is 0.314 e. The zero-order valence-electron chi connectivity index (χ0n) is 28.0. The maximum Gasteiger partial charge on any atom is 0.314 e. The molecule has 238 valence electrons. The predicted molar refractivity (Wildman–Crippen MR) is 209 cm³/mol. The highest BCUT2D eigenvalue weighted by Crippen LogP contribution is 2.45. The van der Waals surface area contributed by atoms with Gasteiger partial charge in [-0.25, -0.2) is 0 Å². The molecule has 0 spiro atoms. The first-order chi connectivity index (χ1) is 23.6. The van der Waals surface area contributed by atoms with E-state index in [2.05, 4.69) is 185 Å². The second-order valence-corrected chi connectivity index (χ2v) is 19.9. The van der Waals surface area contributed by atoms with Crippen molar-refractivity contribution in [3.05, 3.63) is 169 Å². The molecule has 0 atom stereocenters. The fourth-order valence-electron chi connectivity index (χ4n) is 7.29. The average Bonchev–Trinajstić information content (AvgIpc) is 3.17. The molecule has 0 aliphatic heterocycles. The lowest BCUT2D eigenvalue weighted by molar-refractivity contribution is 0.567. The van der Waals surface area contributed by atoms with E-state index in [-0.39, 0.29) is 0 Å². The van der Waals surface area contributed by atoms with Crippen LogP contribution in [0.3, 0.4) is 0 Å². The van der Waals surface area contributed by atoms with Crippen LogP contribution in [-0.2, 0) is 6.42 Å². The van der Waals surface area contributed by atoms with Gasteiger partial charge in [-0.3, -0.25) is 0 Å². The Balaban J connectivity index is 1.53. The number of fused-ring (bicyclic) bond motifs is 2. The molecular formula is C44H42O2Si2. The van der Waals surface area contributed by atoms with Gasteiger partial charge in [0, 0.05) is 21.5 Å². The van der Waals surface area contributed by atoms with Gasteiger partial charge in [0.05, 0.1) is 0 Å².